The molecule has 1 aliphatic heterocycles. The van der Waals surface area contributed by atoms with Gasteiger partial charge in [0.1, 0.15) is 11.4 Å². The highest BCUT2D eigenvalue weighted by Crippen LogP contribution is 2.33. The Labute approximate surface area is 198 Å². The molecule has 33 heavy (non-hydrogen) atoms. The van der Waals surface area contributed by atoms with Crippen LogP contribution in [0, 0.1) is 0 Å². The van der Waals surface area contributed by atoms with Gasteiger partial charge in [0.05, 0.1) is 11.7 Å². The molecule has 0 radical (unpaired) electrons. The molecule has 1 saturated heterocycles. The molecule has 0 bridgehead atoms. The van der Waals surface area contributed by atoms with E-state index in [1.165, 1.54) is 22.2 Å². The van der Waals surface area contributed by atoms with Gasteiger partial charge in [-0.15, -0.1) is 22.7 Å². The summed E-state index contributed by atoms with van der Waals surface area (Å²) >= 11 is 3.03. The van der Waals surface area contributed by atoms with Gasteiger partial charge in [-0.25, -0.2) is 4.98 Å². The highest BCUT2D eigenvalue weighted by Gasteiger charge is 2.23. The summed E-state index contributed by atoms with van der Waals surface area (Å²) in [6.07, 6.45) is 1.48. The molecule has 0 aliphatic carbocycles. The molecule has 168 valence electrons. The summed E-state index contributed by atoms with van der Waals surface area (Å²) < 4.78 is 1.42. The molecule has 1 fully saturated rings. The van der Waals surface area contributed by atoms with Gasteiger partial charge in [-0.05, 0) is 42.6 Å². The predicted molar refractivity (Wildman–Crippen MR) is 132 cm³/mol. The van der Waals surface area contributed by atoms with Crippen LogP contribution in [0.4, 0.5) is 5.69 Å². The monoisotopic (exact) mass is 478 g/mol. The van der Waals surface area contributed by atoms with Crippen LogP contribution in [0.1, 0.15) is 17.3 Å². The van der Waals surface area contributed by atoms with Crippen molar-refractivity contribution in [2.24, 2.45) is 0 Å². The lowest BCUT2D eigenvalue weighted by molar-refractivity contribution is -0.132. The number of thiophene rings is 2. The average molecular weight is 479 g/mol. The van der Waals surface area contributed by atoms with Gasteiger partial charge in [-0.1, -0.05) is 6.07 Å². The third-order valence-corrected chi connectivity index (χ3v) is 7.71. The van der Waals surface area contributed by atoms with Crippen molar-refractivity contribution in [3.05, 3.63) is 69.4 Å². The number of piperazine rings is 1. The topological polar surface area (TPSA) is 75.5 Å². The Morgan fingerprint density at radius 3 is 2.45 bits per heavy atom. The Hall–Kier alpha value is -3.30. The largest absolute Gasteiger partial charge is 0.368 e. The molecule has 0 unspecified atom stereocenters. The van der Waals surface area contributed by atoms with Crippen LogP contribution in [-0.2, 0) is 11.3 Å². The van der Waals surface area contributed by atoms with Crippen LogP contribution >= 0.6 is 22.7 Å². The van der Waals surface area contributed by atoms with Crippen LogP contribution in [0.2, 0.25) is 0 Å². The van der Waals surface area contributed by atoms with Crippen LogP contribution in [0.3, 0.4) is 0 Å². The van der Waals surface area contributed by atoms with E-state index in [4.69, 9.17) is 0 Å². The third-order valence-electron chi connectivity index (χ3n) is 5.92. The summed E-state index contributed by atoms with van der Waals surface area (Å²) in [4.78, 5) is 47.7. The molecule has 3 aromatic heterocycles. The summed E-state index contributed by atoms with van der Waals surface area (Å²) in [5.41, 5.74) is 2.43. The number of hydrogen-bond donors (Lipinski definition) is 0. The molecule has 1 aliphatic rings. The zero-order chi connectivity index (χ0) is 22.9. The Bertz CT molecular complexity index is 1370. The van der Waals surface area contributed by atoms with Crippen molar-refractivity contribution in [3.8, 4) is 10.4 Å². The van der Waals surface area contributed by atoms with E-state index in [9.17, 15) is 14.4 Å². The number of fused-ring (bicyclic) bond motifs is 1. The molecule has 0 saturated carbocycles. The van der Waals surface area contributed by atoms with E-state index >= 15 is 0 Å². The van der Waals surface area contributed by atoms with E-state index in [2.05, 4.69) is 9.88 Å². The number of carbonyl (C=O) groups is 2. The Morgan fingerprint density at radius 1 is 1.03 bits per heavy atom. The minimum Gasteiger partial charge on any atom is -0.368 e. The molecule has 9 heteroatoms. The molecule has 4 aromatic rings. The van der Waals surface area contributed by atoms with E-state index < -0.39 is 0 Å². The van der Waals surface area contributed by atoms with Gasteiger partial charge in [0.25, 0.3) is 5.56 Å². The molecule has 5 rings (SSSR count). The van der Waals surface area contributed by atoms with Gasteiger partial charge < -0.3 is 9.80 Å². The maximum atomic E-state index is 13.2. The van der Waals surface area contributed by atoms with Crippen molar-refractivity contribution in [3.63, 3.8) is 0 Å². The Morgan fingerprint density at radius 2 is 1.79 bits per heavy atom. The number of anilines is 1. The molecule has 0 spiro atoms. The lowest BCUT2D eigenvalue weighted by Crippen LogP contribution is -2.50. The number of Topliss-reactive ketones (excluding diaryl/α,β-unsaturated/α-hetero) is 1. The lowest BCUT2D eigenvalue weighted by atomic mass is 10.1. The number of ketones is 1. The van der Waals surface area contributed by atoms with Crippen molar-refractivity contribution >= 4 is 50.3 Å². The second-order valence-electron chi connectivity index (χ2n) is 7.96. The maximum absolute atomic E-state index is 13.2. The molecule has 1 aromatic carbocycles. The van der Waals surface area contributed by atoms with Gasteiger partial charge in [0, 0.05) is 53.3 Å². The maximum Gasteiger partial charge on any atom is 0.263 e. The summed E-state index contributed by atoms with van der Waals surface area (Å²) in [5.74, 6) is -0.0393. The van der Waals surface area contributed by atoms with Crippen LogP contribution < -0.4 is 10.5 Å². The number of nitrogens with zero attached hydrogens (tertiary/aromatic N) is 4. The van der Waals surface area contributed by atoms with Crippen molar-refractivity contribution in [1.29, 1.82) is 0 Å². The van der Waals surface area contributed by atoms with Crippen LogP contribution in [0.25, 0.3) is 20.7 Å². The molecular formula is C24H22N4O3S2. The molecule has 7 nitrogen and oxygen atoms in total. The molecule has 0 atom stereocenters. The first-order valence-corrected chi connectivity index (χ1v) is 12.4. The first-order valence-electron chi connectivity index (χ1n) is 10.7. The molecule has 1 amide bonds. The summed E-state index contributed by atoms with van der Waals surface area (Å²) in [6, 6.07) is 11.5. The van der Waals surface area contributed by atoms with E-state index in [0.717, 1.165) is 16.1 Å². The highest BCUT2D eigenvalue weighted by molar-refractivity contribution is 7.18. The summed E-state index contributed by atoms with van der Waals surface area (Å²) in [6.45, 7) is 4.09. The summed E-state index contributed by atoms with van der Waals surface area (Å²) in [7, 11) is 0. The van der Waals surface area contributed by atoms with Crippen LogP contribution in [-0.4, -0.2) is 52.3 Å². The second kappa shape index (κ2) is 8.92. The standard InChI is InChI=1S/C24H22N4O3S2/c1-16(29)17-4-6-18(7-5-17)26-8-10-27(11-9-26)21(30)13-28-15-25-23-22(24(28)31)19(14-33-23)20-3-2-12-32-20/h2-7,12,14-15H,8-11,13H2,1H3. The van der Waals surface area contributed by atoms with E-state index in [-0.39, 0.29) is 23.8 Å². The molecule has 0 N–H and O–H groups in total. The Balaban J connectivity index is 1.28. The molecular weight excluding hydrogens is 456 g/mol. The molecule has 4 heterocycles. The first kappa shape index (κ1) is 21.5. The fraction of sp³-hybridized carbons (Fsp3) is 0.250. The highest BCUT2D eigenvalue weighted by atomic mass is 32.1. The van der Waals surface area contributed by atoms with E-state index in [1.54, 1.807) is 23.2 Å². The number of amides is 1. The zero-order valence-corrected chi connectivity index (χ0v) is 19.7. The van der Waals surface area contributed by atoms with Crippen LogP contribution in [0.15, 0.2) is 58.3 Å². The minimum absolute atomic E-state index is 0.0190. The third kappa shape index (κ3) is 4.21. The number of carbonyl (C=O) groups excluding carboxylic acids is 2. The quantitative estimate of drug-likeness (QED) is 0.409. The van der Waals surface area contributed by atoms with Crippen LogP contribution in [0.5, 0.6) is 0 Å². The normalized spacial score (nSPS) is 14.1. The number of aromatic nitrogens is 2. The van der Waals surface area contributed by atoms with E-state index in [0.29, 0.717) is 42.0 Å². The number of hydrogen-bond acceptors (Lipinski definition) is 7. The second-order valence-corrected chi connectivity index (χ2v) is 9.76. The van der Waals surface area contributed by atoms with Crippen molar-refractivity contribution < 1.29 is 9.59 Å². The van der Waals surface area contributed by atoms with Gasteiger partial charge in [-0.2, -0.15) is 0 Å². The fourth-order valence-electron chi connectivity index (χ4n) is 4.06. The smallest absolute Gasteiger partial charge is 0.263 e. The summed E-state index contributed by atoms with van der Waals surface area (Å²) in [5, 5.41) is 4.52. The lowest BCUT2D eigenvalue weighted by Gasteiger charge is -2.36. The predicted octanol–water partition coefficient (Wildman–Crippen LogP) is 3.74. The van der Waals surface area contributed by atoms with Crippen molar-refractivity contribution in [1.82, 2.24) is 14.5 Å². The van der Waals surface area contributed by atoms with Crippen molar-refractivity contribution in [2.45, 2.75) is 13.5 Å². The first-order chi connectivity index (χ1) is 16.0. The van der Waals surface area contributed by atoms with Gasteiger partial charge in [0.15, 0.2) is 5.78 Å². The van der Waals surface area contributed by atoms with Gasteiger partial charge in [-0.3, -0.25) is 19.0 Å². The fourth-order valence-corrected chi connectivity index (χ4v) is 5.78. The minimum atomic E-state index is -0.179. The van der Waals surface area contributed by atoms with Crippen molar-refractivity contribution in [2.75, 3.05) is 31.1 Å². The number of rotatable bonds is 5. The zero-order valence-electron chi connectivity index (χ0n) is 18.1. The average Bonchev–Trinajstić information content (AvgIpc) is 3.51. The van der Waals surface area contributed by atoms with Gasteiger partial charge in [0.2, 0.25) is 5.91 Å². The SMILES string of the molecule is CC(=O)c1ccc(N2CCN(C(=O)Cn3cnc4scc(-c5cccs5)c4c3=O)CC2)cc1. The van der Waals surface area contributed by atoms with Gasteiger partial charge >= 0.3 is 0 Å². The number of benzene rings is 1. The van der Waals surface area contributed by atoms with E-state index in [1.807, 2.05) is 47.2 Å². The Kier molecular flexibility index (Phi) is 5.82.